The van der Waals surface area contributed by atoms with Crippen molar-refractivity contribution in [3.8, 4) is 0 Å². The van der Waals surface area contributed by atoms with E-state index in [9.17, 15) is 0 Å². The molecule has 58 valence electrons. The molecule has 0 atom stereocenters. The van der Waals surface area contributed by atoms with Gasteiger partial charge in [0.15, 0.2) is 0 Å². The molecule has 0 aromatic heterocycles. The fourth-order valence-electron chi connectivity index (χ4n) is 0.909. The molecule has 1 aromatic rings. The zero-order valence-electron chi connectivity index (χ0n) is 6.55. The summed E-state index contributed by atoms with van der Waals surface area (Å²) in [5.74, 6) is 0. The molecule has 1 aromatic carbocycles. The average Bonchev–Trinajstić information content (AvgIpc) is 2.03. The van der Waals surface area contributed by atoms with Crippen LogP contribution in [0.1, 0.15) is 12.5 Å². The molecular formula is C10H11Br. The summed E-state index contributed by atoms with van der Waals surface area (Å²) in [6.07, 6.45) is 5.23. The van der Waals surface area contributed by atoms with Crippen LogP contribution >= 0.6 is 15.9 Å². The predicted octanol–water partition coefficient (Wildman–Crippen LogP) is 3.57. The summed E-state index contributed by atoms with van der Waals surface area (Å²) in [5.41, 5.74) is 1.34. The van der Waals surface area contributed by atoms with Crippen LogP contribution in [0, 0.1) is 0 Å². The molecule has 0 spiro atoms. The van der Waals surface area contributed by atoms with Crippen LogP contribution in [0.15, 0.2) is 40.9 Å². The molecule has 0 fully saturated rings. The van der Waals surface area contributed by atoms with E-state index in [1.54, 1.807) is 0 Å². The molecule has 1 heteroatoms. The van der Waals surface area contributed by atoms with Crippen LogP contribution < -0.4 is 0 Å². The molecule has 1 rings (SSSR count). The van der Waals surface area contributed by atoms with Gasteiger partial charge in [-0.2, -0.15) is 0 Å². The standard InChI is InChI=1S/C10H11Br/c1-2-3-6-9-7-4-5-8-10(9)11/h2-5,7-8H,6H2,1H3/b3-2-. The lowest BCUT2D eigenvalue weighted by molar-refractivity contribution is 1.24. The summed E-state index contributed by atoms with van der Waals surface area (Å²) >= 11 is 3.49. The molecule has 0 saturated heterocycles. The van der Waals surface area contributed by atoms with Crippen LogP contribution in [0.25, 0.3) is 0 Å². The number of hydrogen-bond donors (Lipinski definition) is 0. The molecule has 0 saturated carbocycles. The van der Waals surface area contributed by atoms with Gasteiger partial charge in [-0.1, -0.05) is 46.3 Å². The third-order valence-corrected chi connectivity index (χ3v) is 2.30. The summed E-state index contributed by atoms with van der Waals surface area (Å²) in [5, 5.41) is 0. The molecule has 0 aliphatic rings. The Morgan fingerprint density at radius 1 is 1.36 bits per heavy atom. The maximum absolute atomic E-state index is 3.49. The van der Waals surface area contributed by atoms with Crippen LogP contribution in [0.3, 0.4) is 0 Å². The number of hydrogen-bond acceptors (Lipinski definition) is 0. The maximum atomic E-state index is 3.49. The fourth-order valence-corrected chi connectivity index (χ4v) is 1.36. The van der Waals surface area contributed by atoms with Gasteiger partial charge in [0, 0.05) is 4.47 Å². The predicted molar refractivity (Wildman–Crippen MR) is 52.7 cm³/mol. The van der Waals surface area contributed by atoms with Crippen molar-refractivity contribution in [2.24, 2.45) is 0 Å². The van der Waals surface area contributed by atoms with E-state index in [0.29, 0.717) is 0 Å². The van der Waals surface area contributed by atoms with Gasteiger partial charge in [0.25, 0.3) is 0 Å². The molecule has 0 aliphatic carbocycles. The molecule has 0 aliphatic heterocycles. The van der Waals surface area contributed by atoms with Gasteiger partial charge in [0.1, 0.15) is 0 Å². The van der Waals surface area contributed by atoms with Crippen LogP contribution in [0.5, 0.6) is 0 Å². The van der Waals surface area contributed by atoms with Crippen molar-refractivity contribution in [3.05, 3.63) is 46.5 Å². The third kappa shape index (κ3) is 2.51. The van der Waals surface area contributed by atoms with Crippen molar-refractivity contribution in [3.63, 3.8) is 0 Å². The van der Waals surface area contributed by atoms with E-state index in [1.165, 1.54) is 10.0 Å². The molecule has 0 nitrogen and oxygen atoms in total. The highest BCUT2D eigenvalue weighted by atomic mass is 79.9. The van der Waals surface area contributed by atoms with Crippen molar-refractivity contribution in [1.82, 2.24) is 0 Å². The number of allylic oxidation sites excluding steroid dienone is 2. The first-order chi connectivity index (χ1) is 5.34. The third-order valence-electron chi connectivity index (χ3n) is 1.53. The maximum Gasteiger partial charge on any atom is 0.0210 e. The Morgan fingerprint density at radius 2 is 2.09 bits per heavy atom. The number of rotatable bonds is 2. The molecule has 0 N–H and O–H groups in total. The molecule has 0 unspecified atom stereocenters. The largest absolute Gasteiger partial charge is 0.0913 e. The van der Waals surface area contributed by atoms with E-state index < -0.39 is 0 Å². The number of halogens is 1. The average molecular weight is 211 g/mol. The van der Waals surface area contributed by atoms with Gasteiger partial charge in [-0.15, -0.1) is 0 Å². The molecular weight excluding hydrogens is 200 g/mol. The van der Waals surface area contributed by atoms with E-state index >= 15 is 0 Å². The quantitative estimate of drug-likeness (QED) is 0.656. The smallest absolute Gasteiger partial charge is 0.0210 e. The summed E-state index contributed by atoms with van der Waals surface area (Å²) in [6.45, 7) is 2.04. The first-order valence-electron chi connectivity index (χ1n) is 3.69. The van der Waals surface area contributed by atoms with Crippen LogP contribution in [-0.2, 0) is 6.42 Å². The Kier molecular flexibility index (Phi) is 3.37. The lowest BCUT2D eigenvalue weighted by Gasteiger charge is -1.98. The molecule has 0 radical (unpaired) electrons. The first-order valence-corrected chi connectivity index (χ1v) is 4.48. The Labute approximate surface area is 76.1 Å². The lowest BCUT2D eigenvalue weighted by Crippen LogP contribution is -1.80. The molecule has 0 heterocycles. The van der Waals surface area contributed by atoms with E-state index in [2.05, 4.69) is 46.3 Å². The minimum absolute atomic E-state index is 1.01. The Bertz CT molecular complexity index is 251. The van der Waals surface area contributed by atoms with Gasteiger partial charge < -0.3 is 0 Å². The second kappa shape index (κ2) is 4.35. The second-order valence-corrected chi connectivity index (χ2v) is 3.22. The summed E-state index contributed by atoms with van der Waals surface area (Å²) < 4.78 is 1.19. The highest BCUT2D eigenvalue weighted by molar-refractivity contribution is 9.10. The van der Waals surface area contributed by atoms with Crippen LogP contribution in [-0.4, -0.2) is 0 Å². The number of benzene rings is 1. The first kappa shape index (κ1) is 8.54. The van der Waals surface area contributed by atoms with Crippen molar-refractivity contribution in [2.75, 3.05) is 0 Å². The Hall–Kier alpha value is -0.560. The minimum atomic E-state index is 1.01. The van der Waals surface area contributed by atoms with Crippen LogP contribution in [0.4, 0.5) is 0 Å². The summed E-state index contributed by atoms with van der Waals surface area (Å²) in [4.78, 5) is 0. The van der Waals surface area contributed by atoms with Crippen molar-refractivity contribution < 1.29 is 0 Å². The van der Waals surface area contributed by atoms with Gasteiger partial charge in [-0.3, -0.25) is 0 Å². The SMILES string of the molecule is C/C=C\Cc1ccccc1Br. The topological polar surface area (TPSA) is 0 Å². The molecule has 0 amide bonds. The fraction of sp³-hybridized carbons (Fsp3) is 0.200. The Morgan fingerprint density at radius 3 is 2.73 bits per heavy atom. The normalized spacial score (nSPS) is 10.7. The summed E-state index contributed by atoms with van der Waals surface area (Å²) in [7, 11) is 0. The van der Waals surface area contributed by atoms with E-state index in [1.807, 2.05) is 13.0 Å². The molecule has 0 bridgehead atoms. The van der Waals surface area contributed by atoms with Gasteiger partial charge in [0.05, 0.1) is 0 Å². The highest BCUT2D eigenvalue weighted by Crippen LogP contribution is 2.16. The monoisotopic (exact) mass is 210 g/mol. The van der Waals surface area contributed by atoms with Crippen molar-refractivity contribution in [2.45, 2.75) is 13.3 Å². The van der Waals surface area contributed by atoms with Crippen LogP contribution in [0.2, 0.25) is 0 Å². The van der Waals surface area contributed by atoms with Gasteiger partial charge >= 0.3 is 0 Å². The zero-order valence-corrected chi connectivity index (χ0v) is 8.14. The van der Waals surface area contributed by atoms with Gasteiger partial charge in [0.2, 0.25) is 0 Å². The van der Waals surface area contributed by atoms with Gasteiger partial charge in [-0.25, -0.2) is 0 Å². The Balaban J connectivity index is 2.77. The second-order valence-electron chi connectivity index (χ2n) is 2.36. The summed E-state index contributed by atoms with van der Waals surface area (Å²) in [6, 6.07) is 8.29. The van der Waals surface area contributed by atoms with Gasteiger partial charge in [-0.05, 0) is 25.0 Å². The van der Waals surface area contributed by atoms with E-state index in [0.717, 1.165) is 6.42 Å². The van der Waals surface area contributed by atoms with E-state index in [4.69, 9.17) is 0 Å². The zero-order chi connectivity index (χ0) is 8.10. The molecule has 11 heavy (non-hydrogen) atoms. The minimum Gasteiger partial charge on any atom is -0.0913 e. The lowest BCUT2D eigenvalue weighted by atomic mass is 10.1. The van der Waals surface area contributed by atoms with Crippen molar-refractivity contribution in [1.29, 1.82) is 0 Å². The van der Waals surface area contributed by atoms with Crippen molar-refractivity contribution >= 4 is 15.9 Å². The van der Waals surface area contributed by atoms with E-state index in [-0.39, 0.29) is 0 Å². The highest BCUT2D eigenvalue weighted by Gasteiger charge is 1.93.